The molecule has 2 rings (SSSR count). The van der Waals surface area contributed by atoms with Crippen LogP contribution < -0.4 is 10.1 Å². The molecular weight excluding hydrogens is 333 g/mol. The third-order valence-corrected chi connectivity index (χ3v) is 3.66. The Hall–Kier alpha value is -2.15. The molecule has 0 aliphatic rings. The van der Waals surface area contributed by atoms with Crippen LogP contribution in [0.3, 0.4) is 0 Å². The van der Waals surface area contributed by atoms with Gasteiger partial charge in [-0.15, -0.1) is 0 Å². The fourth-order valence-corrected chi connectivity index (χ4v) is 2.44. The molecule has 0 aromatic heterocycles. The lowest BCUT2D eigenvalue weighted by molar-refractivity contribution is -0.115. The van der Waals surface area contributed by atoms with Crippen LogP contribution in [0.1, 0.15) is 11.1 Å². The van der Waals surface area contributed by atoms with E-state index in [9.17, 15) is 4.79 Å². The normalized spacial score (nSPS) is 9.70. The van der Waals surface area contributed by atoms with E-state index in [0.717, 1.165) is 11.3 Å². The van der Waals surface area contributed by atoms with Gasteiger partial charge in [-0.2, -0.15) is 0 Å². The Labute approximate surface area is 145 Å². The Kier molecular flexibility index (Phi) is 6.34. The maximum Gasteiger partial charge on any atom is 0.296 e. The standard InChI is InChI=1S/C18H15Cl2NO2/c1-23-17-5-3-2-4-14(17)10-11-21-18(22)9-7-13-6-8-15(19)12-16(13)20/h2-6,8,12H,10-11H2,1H3,(H,21,22). The summed E-state index contributed by atoms with van der Waals surface area (Å²) in [6.45, 7) is 0.474. The molecular formula is C18H15Cl2NO2. The molecule has 0 bridgehead atoms. The number of halogens is 2. The van der Waals surface area contributed by atoms with E-state index in [-0.39, 0.29) is 5.91 Å². The van der Waals surface area contributed by atoms with Crippen LogP contribution in [0, 0.1) is 11.8 Å². The predicted molar refractivity (Wildman–Crippen MR) is 93.0 cm³/mol. The van der Waals surface area contributed by atoms with Gasteiger partial charge in [-0.3, -0.25) is 4.79 Å². The molecule has 2 aromatic rings. The SMILES string of the molecule is COc1ccccc1CCNC(=O)C#Cc1ccc(Cl)cc1Cl. The average molecular weight is 348 g/mol. The number of carbonyl (C=O) groups excluding carboxylic acids is 1. The zero-order chi connectivity index (χ0) is 16.7. The number of benzene rings is 2. The zero-order valence-electron chi connectivity index (χ0n) is 12.5. The molecule has 118 valence electrons. The summed E-state index contributed by atoms with van der Waals surface area (Å²) in [5.41, 5.74) is 1.60. The number of amides is 1. The van der Waals surface area contributed by atoms with Gasteiger partial charge in [-0.1, -0.05) is 47.3 Å². The van der Waals surface area contributed by atoms with Gasteiger partial charge >= 0.3 is 0 Å². The monoisotopic (exact) mass is 347 g/mol. The first-order valence-corrected chi connectivity index (χ1v) is 7.72. The van der Waals surface area contributed by atoms with Crippen molar-refractivity contribution in [3.05, 3.63) is 63.6 Å². The Morgan fingerprint density at radius 3 is 2.74 bits per heavy atom. The van der Waals surface area contributed by atoms with Gasteiger partial charge in [0.15, 0.2) is 0 Å². The van der Waals surface area contributed by atoms with E-state index >= 15 is 0 Å². The van der Waals surface area contributed by atoms with Gasteiger partial charge in [0.1, 0.15) is 5.75 Å². The van der Waals surface area contributed by atoms with Crippen LogP contribution in [0.15, 0.2) is 42.5 Å². The van der Waals surface area contributed by atoms with Gasteiger partial charge in [-0.25, -0.2) is 0 Å². The number of ether oxygens (including phenoxy) is 1. The van der Waals surface area contributed by atoms with Crippen LogP contribution in [0.4, 0.5) is 0 Å². The molecule has 0 saturated heterocycles. The number of para-hydroxylation sites is 1. The fourth-order valence-electron chi connectivity index (χ4n) is 1.98. The summed E-state index contributed by atoms with van der Waals surface area (Å²) in [5.74, 6) is 5.70. The highest BCUT2D eigenvalue weighted by Crippen LogP contribution is 2.20. The van der Waals surface area contributed by atoms with Crippen LogP contribution in [0.5, 0.6) is 5.75 Å². The minimum absolute atomic E-state index is 0.356. The summed E-state index contributed by atoms with van der Waals surface area (Å²) in [5, 5.41) is 3.70. The van der Waals surface area contributed by atoms with E-state index in [2.05, 4.69) is 17.2 Å². The number of rotatable bonds is 4. The van der Waals surface area contributed by atoms with Crippen molar-refractivity contribution in [1.29, 1.82) is 0 Å². The molecule has 1 N–H and O–H groups in total. The van der Waals surface area contributed by atoms with Crippen LogP contribution in [-0.4, -0.2) is 19.6 Å². The molecule has 0 unspecified atom stereocenters. The smallest absolute Gasteiger partial charge is 0.296 e. The maximum atomic E-state index is 11.8. The van der Waals surface area contributed by atoms with Crippen molar-refractivity contribution in [1.82, 2.24) is 5.32 Å². The first-order valence-electron chi connectivity index (χ1n) is 6.97. The molecule has 3 nitrogen and oxygen atoms in total. The van der Waals surface area contributed by atoms with E-state index in [1.165, 1.54) is 0 Å². The third kappa shape index (κ3) is 5.21. The second-order valence-electron chi connectivity index (χ2n) is 4.69. The van der Waals surface area contributed by atoms with E-state index in [4.69, 9.17) is 27.9 Å². The van der Waals surface area contributed by atoms with Crippen molar-refractivity contribution in [2.45, 2.75) is 6.42 Å². The second kappa shape index (κ2) is 8.47. The van der Waals surface area contributed by atoms with Crippen LogP contribution in [0.25, 0.3) is 0 Å². The van der Waals surface area contributed by atoms with Gasteiger partial charge in [0, 0.05) is 23.1 Å². The Morgan fingerprint density at radius 1 is 1.22 bits per heavy atom. The molecule has 0 aliphatic carbocycles. The van der Waals surface area contributed by atoms with Crippen molar-refractivity contribution in [3.63, 3.8) is 0 Å². The Bertz CT molecular complexity index is 763. The highest BCUT2D eigenvalue weighted by molar-refractivity contribution is 6.35. The van der Waals surface area contributed by atoms with Gasteiger partial charge < -0.3 is 10.1 Å². The van der Waals surface area contributed by atoms with Crippen LogP contribution >= 0.6 is 23.2 Å². The fraction of sp³-hybridized carbons (Fsp3) is 0.167. The first-order chi connectivity index (χ1) is 11.1. The van der Waals surface area contributed by atoms with E-state index in [0.29, 0.717) is 28.6 Å². The first kappa shape index (κ1) is 17.2. The van der Waals surface area contributed by atoms with Crippen LogP contribution in [-0.2, 0) is 11.2 Å². The molecule has 0 fully saturated rings. The number of carbonyl (C=O) groups is 1. The van der Waals surface area contributed by atoms with Crippen molar-refractivity contribution < 1.29 is 9.53 Å². The molecule has 2 aromatic carbocycles. The van der Waals surface area contributed by atoms with Crippen molar-refractivity contribution in [3.8, 4) is 17.6 Å². The number of hydrogen-bond acceptors (Lipinski definition) is 2. The van der Waals surface area contributed by atoms with E-state index < -0.39 is 0 Å². The molecule has 0 heterocycles. The van der Waals surface area contributed by atoms with Gasteiger partial charge in [0.2, 0.25) is 0 Å². The quantitative estimate of drug-likeness (QED) is 0.856. The lowest BCUT2D eigenvalue weighted by Gasteiger charge is -2.07. The largest absolute Gasteiger partial charge is 0.496 e. The molecule has 0 saturated carbocycles. The minimum atomic E-state index is -0.356. The van der Waals surface area contributed by atoms with Crippen molar-refractivity contribution in [2.24, 2.45) is 0 Å². The van der Waals surface area contributed by atoms with Gasteiger partial charge in [-0.05, 0) is 36.2 Å². The molecule has 0 atom stereocenters. The summed E-state index contributed by atoms with van der Waals surface area (Å²) >= 11 is 11.8. The topological polar surface area (TPSA) is 38.3 Å². The minimum Gasteiger partial charge on any atom is -0.496 e. The molecule has 0 aliphatic heterocycles. The highest BCUT2D eigenvalue weighted by atomic mass is 35.5. The predicted octanol–water partition coefficient (Wildman–Crippen LogP) is 3.71. The Balaban J connectivity index is 1.90. The molecule has 0 spiro atoms. The third-order valence-electron chi connectivity index (χ3n) is 3.11. The van der Waals surface area contributed by atoms with Crippen molar-refractivity contribution >= 4 is 29.1 Å². The number of nitrogens with one attached hydrogen (secondary N) is 1. The summed E-state index contributed by atoms with van der Waals surface area (Å²) < 4.78 is 5.26. The maximum absolute atomic E-state index is 11.8. The number of hydrogen-bond donors (Lipinski definition) is 1. The summed E-state index contributed by atoms with van der Waals surface area (Å²) in [4.78, 5) is 11.8. The summed E-state index contributed by atoms with van der Waals surface area (Å²) in [7, 11) is 1.62. The highest BCUT2D eigenvalue weighted by Gasteiger charge is 2.03. The van der Waals surface area contributed by atoms with Gasteiger partial charge in [0.05, 0.1) is 12.1 Å². The molecule has 1 amide bonds. The van der Waals surface area contributed by atoms with E-state index in [1.807, 2.05) is 24.3 Å². The average Bonchev–Trinajstić information content (AvgIpc) is 2.54. The molecule has 23 heavy (non-hydrogen) atoms. The van der Waals surface area contributed by atoms with E-state index in [1.54, 1.807) is 25.3 Å². The lowest BCUT2D eigenvalue weighted by atomic mass is 10.1. The molecule has 0 radical (unpaired) electrons. The summed E-state index contributed by atoms with van der Waals surface area (Å²) in [6, 6.07) is 12.6. The second-order valence-corrected chi connectivity index (χ2v) is 5.54. The lowest BCUT2D eigenvalue weighted by Crippen LogP contribution is -2.24. The Morgan fingerprint density at radius 2 is 2.00 bits per heavy atom. The van der Waals surface area contributed by atoms with Crippen LogP contribution in [0.2, 0.25) is 10.0 Å². The summed E-state index contributed by atoms with van der Waals surface area (Å²) in [6.07, 6.45) is 0.666. The number of methoxy groups -OCH3 is 1. The van der Waals surface area contributed by atoms with Gasteiger partial charge in [0.25, 0.3) is 5.91 Å². The molecule has 5 heteroatoms. The zero-order valence-corrected chi connectivity index (χ0v) is 14.0. The van der Waals surface area contributed by atoms with Crippen molar-refractivity contribution in [2.75, 3.05) is 13.7 Å².